The van der Waals surface area contributed by atoms with Gasteiger partial charge in [0.05, 0.1) is 16.0 Å². The smallest absolute Gasteiger partial charge is 0.319 e. The number of nitrogens with zero attached hydrogens (tertiary/aromatic N) is 1. The van der Waals surface area contributed by atoms with Gasteiger partial charge in [0.1, 0.15) is 0 Å². The number of carbonyl (C=O) groups excluding carboxylic acids is 3. The SMILES string of the molecule is CC(C)(C)N1C(=O)c2ccc(NC(=O)NCc3ccc(S(N)(=O)=O)cc3)cc2C1=O. The molecule has 4 N–H and O–H groups in total. The van der Waals surface area contributed by atoms with Crippen molar-refractivity contribution in [3.05, 3.63) is 59.2 Å². The molecule has 0 atom stereocenters. The summed E-state index contributed by atoms with van der Waals surface area (Å²) in [5.74, 6) is -0.761. The number of primary sulfonamides is 1. The van der Waals surface area contributed by atoms with Crippen LogP contribution in [0.2, 0.25) is 0 Å². The van der Waals surface area contributed by atoms with Crippen LogP contribution in [0.25, 0.3) is 0 Å². The first-order valence-corrected chi connectivity index (χ1v) is 10.6. The van der Waals surface area contributed by atoms with Gasteiger partial charge in [-0.25, -0.2) is 18.4 Å². The maximum absolute atomic E-state index is 12.6. The molecule has 3 rings (SSSR count). The second-order valence-electron chi connectivity index (χ2n) is 7.87. The Kier molecular flexibility index (Phi) is 5.40. The molecule has 0 radical (unpaired) electrons. The highest BCUT2D eigenvalue weighted by molar-refractivity contribution is 7.89. The molecular formula is C20H22N4O5S. The fourth-order valence-corrected chi connectivity index (χ4v) is 3.60. The number of urea groups is 1. The highest BCUT2D eigenvalue weighted by Gasteiger charge is 2.41. The quantitative estimate of drug-likeness (QED) is 0.637. The maximum Gasteiger partial charge on any atom is 0.319 e. The van der Waals surface area contributed by atoms with E-state index in [0.29, 0.717) is 16.8 Å². The molecule has 0 unspecified atom stereocenters. The molecule has 4 amide bonds. The van der Waals surface area contributed by atoms with E-state index in [1.165, 1.54) is 29.2 Å². The lowest BCUT2D eigenvalue weighted by Gasteiger charge is -2.29. The minimum Gasteiger partial charge on any atom is -0.334 e. The number of benzene rings is 2. The number of sulfonamides is 1. The van der Waals surface area contributed by atoms with E-state index in [4.69, 9.17) is 5.14 Å². The molecule has 0 saturated carbocycles. The van der Waals surface area contributed by atoms with E-state index < -0.39 is 27.5 Å². The molecule has 0 spiro atoms. The van der Waals surface area contributed by atoms with Gasteiger partial charge in [-0.15, -0.1) is 0 Å². The third-order valence-electron chi connectivity index (χ3n) is 4.52. The number of amides is 4. The van der Waals surface area contributed by atoms with Gasteiger partial charge in [-0.05, 0) is 56.7 Å². The van der Waals surface area contributed by atoms with E-state index >= 15 is 0 Å². The van der Waals surface area contributed by atoms with Crippen molar-refractivity contribution in [2.75, 3.05) is 5.32 Å². The molecule has 1 aliphatic rings. The first-order valence-electron chi connectivity index (χ1n) is 9.07. The van der Waals surface area contributed by atoms with Gasteiger partial charge < -0.3 is 10.6 Å². The minimum atomic E-state index is -3.77. The average Bonchev–Trinajstić information content (AvgIpc) is 2.90. The van der Waals surface area contributed by atoms with Crippen LogP contribution >= 0.6 is 0 Å². The molecule has 0 saturated heterocycles. The van der Waals surface area contributed by atoms with Crippen molar-refractivity contribution in [1.29, 1.82) is 0 Å². The fraction of sp³-hybridized carbons (Fsp3) is 0.250. The third-order valence-corrected chi connectivity index (χ3v) is 5.45. The molecule has 1 heterocycles. The zero-order valence-corrected chi connectivity index (χ0v) is 17.5. The largest absolute Gasteiger partial charge is 0.334 e. The Balaban J connectivity index is 1.66. The first kappa shape index (κ1) is 21.5. The summed E-state index contributed by atoms with van der Waals surface area (Å²) in [6.45, 7) is 5.47. The lowest BCUT2D eigenvalue weighted by molar-refractivity contribution is 0.0507. The van der Waals surface area contributed by atoms with Gasteiger partial charge in [-0.3, -0.25) is 14.5 Å². The number of anilines is 1. The van der Waals surface area contributed by atoms with Gasteiger partial charge in [0.25, 0.3) is 11.8 Å². The standard InChI is InChI=1S/C20H22N4O5S/c1-20(2,3)24-17(25)15-9-6-13(10-16(15)18(24)26)23-19(27)22-11-12-4-7-14(8-5-12)30(21,28)29/h4-10H,11H2,1-3H3,(H2,21,28,29)(H2,22,23,27). The van der Waals surface area contributed by atoms with Crippen LogP contribution in [0.5, 0.6) is 0 Å². The Bertz CT molecular complexity index is 1130. The number of nitrogens with two attached hydrogens (primary N) is 1. The van der Waals surface area contributed by atoms with Crippen LogP contribution in [0.1, 0.15) is 47.1 Å². The van der Waals surface area contributed by atoms with Gasteiger partial charge in [0, 0.05) is 17.8 Å². The van der Waals surface area contributed by atoms with Crippen molar-refractivity contribution in [3.63, 3.8) is 0 Å². The Morgan fingerprint density at radius 1 is 1.00 bits per heavy atom. The average molecular weight is 430 g/mol. The van der Waals surface area contributed by atoms with E-state index in [2.05, 4.69) is 10.6 Å². The summed E-state index contributed by atoms with van der Waals surface area (Å²) < 4.78 is 22.5. The van der Waals surface area contributed by atoms with Gasteiger partial charge >= 0.3 is 6.03 Å². The first-order chi connectivity index (χ1) is 13.9. The summed E-state index contributed by atoms with van der Waals surface area (Å²) in [5.41, 5.74) is 0.930. The minimum absolute atomic E-state index is 0.0163. The van der Waals surface area contributed by atoms with Crippen LogP contribution < -0.4 is 15.8 Å². The molecule has 158 valence electrons. The number of carbonyl (C=O) groups is 3. The second kappa shape index (κ2) is 7.54. The van der Waals surface area contributed by atoms with Crippen molar-refractivity contribution in [1.82, 2.24) is 10.2 Å². The predicted octanol–water partition coefficient (Wildman–Crippen LogP) is 2.05. The molecule has 9 nitrogen and oxygen atoms in total. The number of fused-ring (bicyclic) bond motifs is 1. The monoisotopic (exact) mass is 430 g/mol. The van der Waals surface area contributed by atoms with Gasteiger partial charge in [-0.2, -0.15) is 0 Å². The summed E-state index contributed by atoms with van der Waals surface area (Å²) in [5, 5.41) is 10.3. The summed E-state index contributed by atoms with van der Waals surface area (Å²) in [7, 11) is -3.77. The summed E-state index contributed by atoms with van der Waals surface area (Å²) in [6, 6.07) is 9.82. The number of hydrogen-bond acceptors (Lipinski definition) is 5. The molecule has 0 fully saturated rings. The Labute approximate surface area is 174 Å². The molecule has 1 aliphatic heterocycles. The van der Waals surface area contributed by atoms with Crippen LogP contribution in [-0.4, -0.2) is 36.7 Å². The number of nitrogens with one attached hydrogen (secondary N) is 2. The Hall–Kier alpha value is -3.24. The molecule has 2 aromatic rings. The van der Waals surface area contributed by atoms with Crippen molar-refractivity contribution in [2.45, 2.75) is 37.8 Å². The van der Waals surface area contributed by atoms with E-state index in [9.17, 15) is 22.8 Å². The second-order valence-corrected chi connectivity index (χ2v) is 9.43. The Morgan fingerprint density at radius 2 is 1.60 bits per heavy atom. The molecular weight excluding hydrogens is 408 g/mol. The summed E-state index contributed by atoms with van der Waals surface area (Å²) in [6.07, 6.45) is 0. The normalized spacial score (nSPS) is 13.9. The fourth-order valence-electron chi connectivity index (χ4n) is 3.08. The highest BCUT2D eigenvalue weighted by atomic mass is 32.2. The lowest BCUT2D eigenvalue weighted by Crippen LogP contribution is -2.45. The zero-order valence-electron chi connectivity index (χ0n) is 16.7. The maximum atomic E-state index is 12.6. The predicted molar refractivity (Wildman–Crippen MR) is 110 cm³/mol. The number of rotatable bonds is 4. The van der Waals surface area contributed by atoms with Crippen molar-refractivity contribution >= 4 is 33.6 Å². The molecule has 2 aromatic carbocycles. The number of imide groups is 1. The van der Waals surface area contributed by atoms with Gasteiger partial charge in [0.15, 0.2) is 0 Å². The molecule has 10 heteroatoms. The van der Waals surface area contributed by atoms with Crippen LogP contribution in [0, 0.1) is 0 Å². The van der Waals surface area contributed by atoms with Crippen LogP contribution in [0.3, 0.4) is 0 Å². The van der Waals surface area contributed by atoms with E-state index in [-0.39, 0.29) is 22.9 Å². The topological polar surface area (TPSA) is 139 Å². The van der Waals surface area contributed by atoms with Crippen LogP contribution in [-0.2, 0) is 16.6 Å². The summed E-state index contributed by atoms with van der Waals surface area (Å²) in [4.78, 5) is 38.5. The molecule has 30 heavy (non-hydrogen) atoms. The third kappa shape index (κ3) is 4.34. The van der Waals surface area contributed by atoms with Crippen molar-refractivity contribution in [2.24, 2.45) is 5.14 Å². The summed E-state index contributed by atoms with van der Waals surface area (Å²) >= 11 is 0. The Morgan fingerprint density at radius 3 is 2.17 bits per heavy atom. The van der Waals surface area contributed by atoms with E-state index in [0.717, 1.165) is 0 Å². The van der Waals surface area contributed by atoms with Crippen molar-refractivity contribution in [3.8, 4) is 0 Å². The molecule has 0 aromatic heterocycles. The van der Waals surface area contributed by atoms with E-state index in [1.807, 2.05) is 0 Å². The highest BCUT2D eigenvalue weighted by Crippen LogP contribution is 2.30. The van der Waals surface area contributed by atoms with Gasteiger partial charge in [-0.1, -0.05) is 12.1 Å². The van der Waals surface area contributed by atoms with Crippen molar-refractivity contribution < 1.29 is 22.8 Å². The van der Waals surface area contributed by atoms with Crippen LogP contribution in [0.4, 0.5) is 10.5 Å². The molecule has 0 aliphatic carbocycles. The van der Waals surface area contributed by atoms with Gasteiger partial charge in [0.2, 0.25) is 10.0 Å². The molecule has 0 bridgehead atoms. The number of hydrogen-bond donors (Lipinski definition) is 3. The lowest BCUT2D eigenvalue weighted by atomic mass is 10.1. The van der Waals surface area contributed by atoms with E-state index in [1.54, 1.807) is 39.0 Å². The van der Waals surface area contributed by atoms with Crippen LogP contribution in [0.15, 0.2) is 47.4 Å². The zero-order chi connectivity index (χ0) is 22.3.